The van der Waals surface area contributed by atoms with Gasteiger partial charge in [0.15, 0.2) is 0 Å². The normalized spacial score (nSPS) is 11.7. The molecule has 3 heteroatoms. The van der Waals surface area contributed by atoms with Crippen LogP contribution in [0.3, 0.4) is 0 Å². The zero-order valence-electron chi connectivity index (χ0n) is 12.4. The Morgan fingerprint density at radius 2 is 1.70 bits per heavy atom. The summed E-state index contributed by atoms with van der Waals surface area (Å²) >= 11 is 6.18. The zero-order chi connectivity index (χ0) is 15.1. The average molecular weight is 289 g/mol. The summed E-state index contributed by atoms with van der Waals surface area (Å²) in [6.45, 7) is 8.58. The molecule has 0 bridgehead atoms. The van der Waals surface area contributed by atoms with Crippen LogP contribution < -0.4 is 11.5 Å². The van der Waals surface area contributed by atoms with Crippen molar-refractivity contribution in [3.05, 3.63) is 46.5 Å². The molecule has 0 aliphatic heterocycles. The summed E-state index contributed by atoms with van der Waals surface area (Å²) in [5, 5.41) is 0.437. The van der Waals surface area contributed by atoms with Gasteiger partial charge in [0.2, 0.25) is 0 Å². The highest BCUT2D eigenvalue weighted by Gasteiger charge is 2.17. The molecule has 0 unspecified atom stereocenters. The van der Waals surface area contributed by atoms with E-state index in [2.05, 4.69) is 45.0 Å². The molecule has 0 aliphatic carbocycles. The van der Waals surface area contributed by atoms with Gasteiger partial charge in [-0.15, -0.1) is 0 Å². The molecule has 0 amide bonds. The first-order valence-electron chi connectivity index (χ1n) is 6.67. The molecular weight excluding hydrogens is 268 g/mol. The molecule has 20 heavy (non-hydrogen) atoms. The van der Waals surface area contributed by atoms with Crippen LogP contribution in [0, 0.1) is 6.92 Å². The maximum absolute atomic E-state index is 6.18. The van der Waals surface area contributed by atoms with Crippen LogP contribution in [0.15, 0.2) is 30.3 Å². The number of anilines is 2. The largest absolute Gasteiger partial charge is 0.397 e. The summed E-state index contributed by atoms with van der Waals surface area (Å²) in [5.41, 5.74) is 17.5. The molecule has 2 nitrogen and oxygen atoms in total. The number of hydrogen-bond acceptors (Lipinski definition) is 2. The van der Waals surface area contributed by atoms with E-state index in [-0.39, 0.29) is 5.41 Å². The maximum atomic E-state index is 6.18. The Bertz CT molecular complexity index is 655. The van der Waals surface area contributed by atoms with E-state index in [4.69, 9.17) is 23.1 Å². The molecule has 0 fully saturated rings. The van der Waals surface area contributed by atoms with Crippen molar-refractivity contribution in [2.75, 3.05) is 11.5 Å². The first-order chi connectivity index (χ1) is 9.21. The summed E-state index contributed by atoms with van der Waals surface area (Å²) in [6, 6.07) is 10.3. The number of benzene rings is 2. The van der Waals surface area contributed by atoms with Crippen LogP contribution in [0.5, 0.6) is 0 Å². The van der Waals surface area contributed by atoms with Gasteiger partial charge in [-0.3, -0.25) is 0 Å². The molecule has 106 valence electrons. The number of hydrogen-bond donors (Lipinski definition) is 2. The van der Waals surface area contributed by atoms with E-state index in [1.807, 2.05) is 13.0 Å². The SMILES string of the molecule is Cc1cc(N)c(Cl)c(N)c1-c1cccc(C(C)(C)C)c1. The predicted molar refractivity (Wildman–Crippen MR) is 89.1 cm³/mol. The molecule has 0 atom stereocenters. The van der Waals surface area contributed by atoms with E-state index in [0.29, 0.717) is 16.4 Å². The van der Waals surface area contributed by atoms with Crippen molar-refractivity contribution in [1.82, 2.24) is 0 Å². The topological polar surface area (TPSA) is 52.0 Å². The maximum Gasteiger partial charge on any atom is 0.0871 e. The summed E-state index contributed by atoms with van der Waals surface area (Å²) < 4.78 is 0. The van der Waals surface area contributed by atoms with Crippen molar-refractivity contribution in [3.63, 3.8) is 0 Å². The molecule has 0 saturated carbocycles. The third kappa shape index (κ3) is 2.61. The van der Waals surface area contributed by atoms with Crippen LogP contribution >= 0.6 is 11.6 Å². The Morgan fingerprint density at radius 1 is 1.05 bits per heavy atom. The molecule has 2 rings (SSSR count). The van der Waals surface area contributed by atoms with E-state index in [0.717, 1.165) is 16.7 Å². The highest BCUT2D eigenvalue weighted by atomic mass is 35.5. The fourth-order valence-electron chi connectivity index (χ4n) is 2.37. The quantitative estimate of drug-likeness (QED) is 0.742. The molecule has 0 spiro atoms. The molecule has 0 aromatic heterocycles. The lowest BCUT2D eigenvalue weighted by molar-refractivity contribution is 0.590. The summed E-state index contributed by atoms with van der Waals surface area (Å²) in [4.78, 5) is 0. The van der Waals surface area contributed by atoms with Crippen molar-refractivity contribution in [3.8, 4) is 11.1 Å². The Labute approximate surface area is 125 Å². The van der Waals surface area contributed by atoms with E-state index in [1.54, 1.807) is 0 Å². The fraction of sp³-hybridized carbons (Fsp3) is 0.294. The molecule has 2 aromatic carbocycles. The average Bonchev–Trinajstić information content (AvgIpc) is 2.35. The number of halogens is 1. The van der Waals surface area contributed by atoms with Crippen LogP contribution in [-0.4, -0.2) is 0 Å². The number of nitrogen functional groups attached to an aromatic ring is 2. The Morgan fingerprint density at radius 3 is 2.30 bits per heavy atom. The van der Waals surface area contributed by atoms with Gasteiger partial charge in [-0.25, -0.2) is 0 Å². The van der Waals surface area contributed by atoms with Gasteiger partial charge in [0.05, 0.1) is 16.4 Å². The van der Waals surface area contributed by atoms with Gasteiger partial charge < -0.3 is 11.5 Å². The smallest absolute Gasteiger partial charge is 0.0871 e. The second-order valence-electron chi connectivity index (χ2n) is 6.22. The third-order valence-corrected chi connectivity index (χ3v) is 3.96. The number of rotatable bonds is 1. The molecule has 2 aromatic rings. The first-order valence-corrected chi connectivity index (χ1v) is 7.04. The van der Waals surface area contributed by atoms with Crippen LogP contribution in [0.1, 0.15) is 31.9 Å². The highest BCUT2D eigenvalue weighted by Crippen LogP contribution is 2.39. The zero-order valence-corrected chi connectivity index (χ0v) is 13.2. The highest BCUT2D eigenvalue weighted by molar-refractivity contribution is 6.36. The van der Waals surface area contributed by atoms with E-state index in [9.17, 15) is 0 Å². The van der Waals surface area contributed by atoms with E-state index < -0.39 is 0 Å². The second kappa shape index (κ2) is 5.02. The Balaban J connectivity index is 2.67. The molecule has 0 radical (unpaired) electrons. The van der Waals surface area contributed by atoms with Gasteiger partial charge in [-0.1, -0.05) is 56.6 Å². The standard InChI is InChI=1S/C17H21ClN2/c1-10-8-13(19)15(18)16(20)14(10)11-6-5-7-12(9-11)17(2,3)4/h5-9H,19-20H2,1-4H3. The fourth-order valence-corrected chi connectivity index (χ4v) is 2.52. The second-order valence-corrected chi connectivity index (χ2v) is 6.59. The van der Waals surface area contributed by atoms with Crippen LogP contribution in [0.4, 0.5) is 11.4 Å². The van der Waals surface area contributed by atoms with Crippen molar-refractivity contribution in [2.24, 2.45) is 0 Å². The number of aryl methyl sites for hydroxylation is 1. The van der Waals surface area contributed by atoms with Gasteiger partial charge in [-0.05, 0) is 35.1 Å². The minimum absolute atomic E-state index is 0.0935. The predicted octanol–water partition coefficient (Wildman–Crippen LogP) is 4.78. The third-order valence-electron chi connectivity index (χ3n) is 3.54. The lowest BCUT2D eigenvalue weighted by Crippen LogP contribution is -2.11. The van der Waals surface area contributed by atoms with Gasteiger partial charge in [0, 0.05) is 5.56 Å². The molecule has 0 aliphatic rings. The lowest BCUT2D eigenvalue weighted by Gasteiger charge is -2.21. The summed E-state index contributed by atoms with van der Waals surface area (Å²) in [6.07, 6.45) is 0. The van der Waals surface area contributed by atoms with Crippen molar-refractivity contribution in [2.45, 2.75) is 33.1 Å². The lowest BCUT2D eigenvalue weighted by atomic mass is 9.85. The molecule has 4 N–H and O–H groups in total. The van der Waals surface area contributed by atoms with Crippen LogP contribution in [-0.2, 0) is 5.41 Å². The van der Waals surface area contributed by atoms with Gasteiger partial charge in [0.1, 0.15) is 0 Å². The summed E-state index contributed by atoms with van der Waals surface area (Å²) in [5.74, 6) is 0. The van der Waals surface area contributed by atoms with E-state index >= 15 is 0 Å². The minimum atomic E-state index is 0.0935. The monoisotopic (exact) mass is 288 g/mol. The van der Waals surface area contributed by atoms with Crippen LogP contribution in [0.25, 0.3) is 11.1 Å². The first kappa shape index (κ1) is 14.7. The van der Waals surface area contributed by atoms with Gasteiger partial charge in [0.25, 0.3) is 0 Å². The Kier molecular flexibility index (Phi) is 3.70. The van der Waals surface area contributed by atoms with Crippen molar-refractivity contribution in [1.29, 1.82) is 0 Å². The van der Waals surface area contributed by atoms with Gasteiger partial charge in [-0.2, -0.15) is 0 Å². The van der Waals surface area contributed by atoms with E-state index in [1.165, 1.54) is 5.56 Å². The van der Waals surface area contributed by atoms with Crippen molar-refractivity contribution < 1.29 is 0 Å². The summed E-state index contributed by atoms with van der Waals surface area (Å²) in [7, 11) is 0. The van der Waals surface area contributed by atoms with Crippen LogP contribution in [0.2, 0.25) is 5.02 Å². The number of nitrogens with two attached hydrogens (primary N) is 2. The van der Waals surface area contributed by atoms with Gasteiger partial charge >= 0.3 is 0 Å². The Hall–Kier alpha value is -1.67. The molecule has 0 saturated heterocycles. The van der Waals surface area contributed by atoms with Crippen molar-refractivity contribution >= 4 is 23.0 Å². The molecule has 0 heterocycles. The minimum Gasteiger partial charge on any atom is -0.397 e. The molecular formula is C17H21ClN2.